The number of hydrogen-bond donors (Lipinski definition) is 0. The fourth-order valence-corrected chi connectivity index (χ4v) is 9.45. The minimum Gasteiger partial charge on any atom is -0.462 e. The van der Waals surface area contributed by atoms with Crippen molar-refractivity contribution in [3.8, 4) is 0 Å². The number of unbranched alkanes of at least 4 members (excludes halogenated alkanes) is 40. The van der Waals surface area contributed by atoms with Crippen LogP contribution in [0.2, 0.25) is 0 Å². The Morgan fingerprint density at radius 1 is 0.274 bits per heavy atom. The summed E-state index contributed by atoms with van der Waals surface area (Å²) in [6.45, 7) is 6.65. The maximum atomic E-state index is 12.9. The molecule has 0 N–H and O–H groups in total. The van der Waals surface area contributed by atoms with E-state index in [1.807, 2.05) is 0 Å². The van der Waals surface area contributed by atoms with Crippen LogP contribution in [0.15, 0.2) is 48.6 Å². The fraction of sp³-hybridized carbons (Fsp3) is 0.836. The first kappa shape index (κ1) is 70.4. The molecule has 0 aliphatic rings. The molecule has 0 aliphatic heterocycles. The number of hydrogen-bond acceptors (Lipinski definition) is 6. The summed E-state index contributed by atoms with van der Waals surface area (Å²) in [6.07, 6.45) is 76.9. The predicted molar refractivity (Wildman–Crippen MR) is 316 cm³/mol. The minimum atomic E-state index is -0.775. The van der Waals surface area contributed by atoms with Crippen LogP contribution >= 0.6 is 0 Å². The van der Waals surface area contributed by atoms with Crippen LogP contribution in [0.4, 0.5) is 0 Å². The van der Waals surface area contributed by atoms with Gasteiger partial charge in [0.15, 0.2) is 6.10 Å². The molecule has 0 saturated heterocycles. The summed E-state index contributed by atoms with van der Waals surface area (Å²) in [5.41, 5.74) is 0. The van der Waals surface area contributed by atoms with Gasteiger partial charge in [0, 0.05) is 19.3 Å². The summed E-state index contributed by atoms with van der Waals surface area (Å²) in [7, 11) is 0. The highest BCUT2D eigenvalue weighted by Crippen LogP contribution is 2.17. The molecule has 0 rings (SSSR count). The summed E-state index contributed by atoms with van der Waals surface area (Å²) < 4.78 is 16.9. The second-order valence-electron chi connectivity index (χ2n) is 21.7. The normalized spacial score (nSPS) is 12.3. The molecule has 0 aromatic heterocycles. The summed E-state index contributed by atoms with van der Waals surface area (Å²) in [4.78, 5) is 38.3. The molecule has 73 heavy (non-hydrogen) atoms. The minimum absolute atomic E-state index is 0.0727. The molecule has 6 heteroatoms. The van der Waals surface area contributed by atoms with Crippen LogP contribution in [0.25, 0.3) is 0 Å². The van der Waals surface area contributed by atoms with Crippen molar-refractivity contribution in [1.29, 1.82) is 0 Å². The van der Waals surface area contributed by atoms with Gasteiger partial charge in [0.1, 0.15) is 13.2 Å². The van der Waals surface area contributed by atoms with E-state index >= 15 is 0 Å². The zero-order valence-electron chi connectivity index (χ0n) is 48.9. The van der Waals surface area contributed by atoms with Gasteiger partial charge in [-0.15, -0.1) is 0 Å². The summed E-state index contributed by atoms with van der Waals surface area (Å²) >= 11 is 0. The third-order valence-electron chi connectivity index (χ3n) is 14.3. The lowest BCUT2D eigenvalue weighted by atomic mass is 10.0. The van der Waals surface area contributed by atoms with Crippen molar-refractivity contribution in [2.45, 2.75) is 348 Å². The van der Waals surface area contributed by atoms with Gasteiger partial charge in [-0.25, -0.2) is 0 Å². The van der Waals surface area contributed by atoms with E-state index in [2.05, 4.69) is 69.4 Å². The second kappa shape index (κ2) is 61.9. The van der Waals surface area contributed by atoms with E-state index in [1.54, 1.807) is 0 Å². The van der Waals surface area contributed by atoms with Gasteiger partial charge in [-0.1, -0.05) is 288 Å². The lowest BCUT2D eigenvalue weighted by Gasteiger charge is -2.18. The summed E-state index contributed by atoms with van der Waals surface area (Å²) in [6, 6.07) is 0. The third kappa shape index (κ3) is 60.1. The van der Waals surface area contributed by atoms with Crippen LogP contribution in [0.3, 0.4) is 0 Å². The van der Waals surface area contributed by atoms with Crippen LogP contribution in [-0.4, -0.2) is 37.2 Å². The fourth-order valence-electron chi connectivity index (χ4n) is 9.45. The molecule has 0 fully saturated rings. The van der Waals surface area contributed by atoms with E-state index in [4.69, 9.17) is 14.2 Å². The first-order chi connectivity index (χ1) is 36.0. The number of allylic oxidation sites excluding steroid dienone is 8. The van der Waals surface area contributed by atoms with E-state index in [0.717, 1.165) is 77.0 Å². The molecule has 0 aromatic carbocycles. The van der Waals surface area contributed by atoms with Gasteiger partial charge in [-0.2, -0.15) is 0 Å². The number of rotatable bonds is 59. The van der Waals surface area contributed by atoms with E-state index in [-0.39, 0.29) is 31.1 Å². The van der Waals surface area contributed by atoms with Gasteiger partial charge >= 0.3 is 17.9 Å². The van der Waals surface area contributed by atoms with Gasteiger partial charge in [-0.05, 0) is 83.5 Å². The van der Waals surface area contributed by atoms with Gasteiger partial charge < -0.3 is 14.2 Å². The Balaban J connectivity index is 4.26. The Morgan fingerprint density at radius 3 is 0.767 bits per heavy atom. The molecule has 1 unspecified atom stereocenters. The Kier molecular flexibility index (Phi) is 59.7. The van der Waals surface area contributed by atoms with Crippen molar-refractivity contribution in [3.63, 3.8) is 0 Å². The van der Waals surface area contributed by atoms with Crippen LogP contribution < -0.4 is 0 Å². The first-order valence-corrected chi connectivity index (χ1v) is 32.1. The zero-order valence-corrected chi connectivity index (χ0v) is 48.9. The Labute approximate surface area is 454 Å². The Bertz CT molecular complexity index is 1270. The van der Waals surface area contributed by atoms with Crippen LogP contribution in [-0.2, 0) is 28.6 Å². The summed E-state index contributed by atoms with van der Waals surface area (Å²) in [5, 5.41) is 0. The Hall–Kier alpha value is -2.63. The average Bonchev–Trinajstić information content (AvgIpc) is 3.39. The highest BCUT2D eigenvalue weighted by molar-refractivity contribution is 5.71. The topological polar surface area (TPSA) is 78.9 Å². The van der Waals surface area contributed by atoms with Crippen molar-refractivity contribution < 1.29 is 28.6 Å². The van der Waals surface area contributed by atoms with Crippen LogP contribution in [0, 0.1) is 0 Å². The quantitative estimate of drug-likeness (QED) is 0.0261. The van der Waals surface area contributed by atoms with E-state index in [1.165, 1.54) is 225 Å². The molecule has 0 amide bonds. The van der Waals surface area contributed by atoms with Crippen molar-refractivity contribution in [2.75, 3.05) is 13.2 Å². The molecule has 0 bridgehead atoms. The third-order valence-corrected chi connectivity index (χ3v) is 14.3. The lowest BCUT2D eigenvalue weighted by molar-refractivity contribution is -0.167. The van der Waals surface area contributed by atoms with Crippen molar-refractivity contribution >= 4 is 17.9 Å². The zero-order chi connectivity index (χ0) is 52.9. The van der Waals surface area contributed by atoms with Crippen molar-refractivity contribution in [2.24, 2.45) is 0 Å². The van der Waals surface area contributed by atoms with Crippen molar-refractivity contribution in [3.05, 3.63) is 48.6 Å². The van der Waals surface area contributed by atoms with Gasteiger partial charge in [0.2, 0.25) is 0 Å². The lowest BCUT2D eigenvalue weighted by Crippen LogP contribution is -2.30. The number of carbonyl (C=O) groups is 3. The molecule has 0 aromatic rings. The molecule has 0 spiro atoms. The maximum absolute atomic E-state index is 12.9. The average molecular weight is 1020 g/mol. The predicted octanol–water partition coefficient (Wildman–Crippen LogP) is 21.8. The van der Waals surface area contributed by atoms with Crippen molar-refractivity contribution in [1.82, 2.24) is 0 Å². The molecule has 426 valence electrons. The van der Waals surface area contributed by atoms with Gasteiger partial charge in [0.05, 0.1) is 0 Å². The second-order valence-corrected chi connectivity index (χ2v) is 21.7. The molecular weight excluding hydrogens is 901 g/mol. The van der Waals surface area contributed by atoms with Crippen LogP contribution in [0.5, 0.6) is 0 Å². The summed E-state index contributed by atoms with van der Waals surface area (Å²) in [5.74, 6) is -0.862. The monoisotopic (exact) mass is 1020 g/mol. The molecule has 1 atom stereocenters. The SMILES string of the molecule is CCCCCC/C=C\C/C=C\CCCCCCCCCC(=O)OC(COC(=O)CCCCCCCCCCCCCC)COC(=O)CCCCCCCCCCCCCCC/C=C\C/C=C\CCCCCCC. The van der Waals surface area contributed by atoms with E-state index < -0.39 is 6.10 Å². The number of ether oxygens (including phenoxy) is 3. The molecular formula is C67H122O6. The highest BCUT2D eigenvalue weighted by Gasteiger charge is 2.19. The van der Waals surface area contributed by atoms with E-state index in [9.17, 15) is 14.4 Å². The van der Waals surface area contributed by atoms with E-state index in [0.29, 0.717) is 19.3 Å². The molecule has 6 nitrogen and oxygen atoms in total. The van der Waals surface area contributed by atoms with Gasteiger partial charge in [0.25, 0.3) is 0 Å². The van der Waals surface area contributed by atoms with Gasteiger partial charge in [-0.3, -0.25) is 14.4 Å². The number of esters is 3. The molecule has 0 aliphatic carbocycles. The molecule has 0 radical (unpaired) electrons. The number of carbonyl (C=O) groups excluding carboxylic acids is 3. The smallest absolute Gasteiger partial charge is 0.306 e. The Morgan fingerprint density at radius 2 is 0.493 bits per heavy atom. The maximum Gasteiger partial charge on any atom is 0.306 e. The highest BCUT2D eigenvalue weighted by atomic mass is 16.6. The first-order valence-electron chi connectivity index (χ1n) is 32.1. The largest absolute Gasteiger partial charge is 0.462 e. The standard InChI is InChI=1S/C67H122O6/c1-4-7-10-13-16-19-22-25-27-29-31-32-33-34-35-36-37-39-40-42-45-48-51-54-57-60-66(69)72-63-64(62-71-65(68)59-56-53-50-47-44-24-21-18-15-12-9-6-3)73-67(70)61-58-55-52-49-46-43-41-38-30-28-26-23-20-17-14-11-8-5-2/h20,22-23,25,28-31,64H,4-19,21,24,26-27,32-63H2,1-3H3/b23-20-,25-22-,30-28-,31-29-. The van der Waals surface area contributed by atoms with Crippen LogP contribution in [0.1, 0.15) is 342 Å². The molecule has 0 saturated carbocycles. The molecule has 0 heterocycles.